The molecule has 0 aliphatic carbocycles. The minimum absolute atomic E-state index is 0.296. The Morgan fingerprint density at radius 3 is 2.36 bits per heavy atom. The van der Waals surface area contributed by atoms with Gasteiger partial charge in [0.25, 0.3) is 0 Å². The normalized spacial score (nSPS) is 14.6. The molecule has 1 saturated heterocycles. The van der Waals surface area contributed by atoms with E-state index in [0.717, 1.165) is 84.4 Å². The molecule has 0 radical (unpaired) electrons. The maximum Gasteiger partial charge on any atom is 0.147 e. The molecule has 2 aromatic carbocycles. The predicted octanol–water partition coefficient (Wildman–Crippen LogP) is 6.06. The lowest BCUT2D eigenvalue weighted by Crippen LogP contribution is -2.36. The van der Waals surface area contributed by atoms with Crippen LogP contribution in [0.15, 0.2) is 42.6 Å². The maximum absolute atomic E-state index is 5.99. The highest BCUT2D eigenvalue weighted by Crippen LogP contribution is 2.34. The van der Waals surface area contributed by atoms with Crippen LogP contribution in [-0.4, -0.2) is 62.7 Å². The van der Waals surface area contributed by atoms with E-state index in [0.29, 0.717) is 24.5 Å². The van der Waals surface area contributed by atoms with Gasteiger partial charge in [-0.3, -0.25) is 4.98 Å². The maximum atomic E-state index is 5.99. The van der Waals surface area contributed by atoms with Crippen molar-refractivity contribution < 1.29 is 13.7 Å². The van der Waals surface area contributed by atoms with E-state index in [1.54, 1.807) is 14.2 Å². The molecule has 9 heteroatoms. The molecule has 0 atom stereocenters. The number of ether oxygens (including phenoxy) is 2. The molecule has 3 aromatic rings. The molecule has 4 rings (SSSR count). The SMILES string of the molecule is COc1cc(OC)cc(N(CCOSCCC(C)(C)C)c2ccc3ncc(N4CCC(CN)CC4)nc3c2)c1. The van der Waals surface area contributed by atoms with Crippen LogP contribution in [-0.2, 0) is 4.18 Å². The van der Waals surface area contributed by atoms with Crippen molar-refractivity contribution >= 4 is 40.3 Å². The zero-order valence-electron chi connectivity index (χ0n) is 24.0. The minimum Gasteiger partial charge on any atom is -0.497 e. The van der Waals surface area contributed by atoms with E-state index in [1.807, 2.05) is 30.5 Å². The van der Waals surface area contributed by atoms with Gasteiger partial charge < -0.3 is 29.2 Å². The summed E-state index contributed by atoms with van der Waals surface area (Å²) in [6.45, 7) is 10.6. The third-order valence-corrected chi connectivity index (χ3v) is 7.87. The van der Waals surface area contributed by atoms with Crippen LogP contribution in [0.3, 0.4) is 0 Å². The van der Waals surface area contributed by atoms with Gasteiger partial charge in [-0.15, -0.1) is 0 Å². The molecule has 1 aromatic heterocycles. The topological polar surface area (TPSA) is 86.0 Å². The van der Waals surface area contributed by atoms with E-state index in [-0.39, 0.29) is 0 Å². The van der Waals surface area contributed by atoms with Crippen LogP contribution >= 0.6 is 12.0 Å². The molecule has 212 valence electrons. The van der Waals surface area contributed by atoms with Crippen LogP contribution in [0.2, 0.25) is 0 Å². The Morgan fingerprint density at radius 2 is 1.72 bits per heavy atom. The Kier molecular flexibility index (Phi) is 10.2. The van der Waals surface area contributed by atoms with Crippen molar-refractivity contribution in [3.05, 3.63) is 42.6 Å². The molecule has 0 unspecified atom stereocenters. The molecule has 0 saturated carbocycles. The van der Waals surface area contributed by atoms with Gasteiger partial charge in [0.05, 0.1) is 38.1 Å². The fourth-order valence-electron chi connectivity index (χ4n) is 4.66. The zero-order chi connectivity index (χ0) is 27.8. The first kappa shape index (κ1) is 29.2. The van der Waals surface area contributed by atoms with Crippen molar-refractivity contribution in [1.29, 1.82) is 0 Å². The van der Waals surface area contributed by atoms with E-state index in [2.05, 4.69) is 42.7 Å². The summed E-state index contributed by atoms with van der Waals surface area (Å²) in [5.74, 6) is 3.96. The standard InChI is InChI=1S/C30H43N5O3S/c1-30(2,3)10-15-39-38-14-13-35(24-16-25(36-4)19-26(17-24)37-5)23-6-7-27-28(18-23)33-29(21-32-27)34-11-8-22(20-31)9-12-34/h6-7,16-19,21-22H,8-15,20,31H2,1-5H3. The Bertz CT molecular complexity index is 1190. The highest BCUT2D eigenvalue weighted by molar-refractivity contribution is 7.94. The highest BCUT2D eigenvalue weighted by atomic mass is 32.2. The molecular formula is C30H43N5O3S. The summed E-state index contributed by atoms with van der Waals surface area (Å²) in [4.78, 5) is 14.3. The number of anilines is 3. The smallest absolute Gasteiger partial charge is 0.147 e. The van der Waals surface area contributed by atoms with E-state index in [4.69, 9.17) is 29.4 Å². The third-order valence-electron chi connectivity index (χ3n) is 7.16. The summed E-state index contributed by atoms with van der Waals surface area (Å²) in [6.07, 6.45) is 5.17. The first-order valence-corrected chi connectivity index (χ1v) is 14.7. The highest BCUT2D eigenvalue weighted by Gasteiger charge is 2.20. The van der Waals surface area contributed by atoms with Crippen LogP contribution in [0.1, 0.15) is 40.0 Å². The molecule has 0 bridgehead atoms. The second kappa shape index (κ2) is 13.5. The monoisotopic (exact) mass is 553 g/mol. The van der Waals surface area contributed by atoms with Crippen molar-refractivity contribution in [2.45, 2.75) is 40.0 Å². The van der Waals surface area contributed by atoms with Gasteiger partial charge in [0.2, 0.25) is 0 Å². The number of fused-ring (bicyclic) bond motifs is 1. The number of nitrogens with two attached hydrogens (primary N) is 1. The molecule has 1 aliphatic heterocycles. The van der Waals surface area contributed by atoms with Crippen LogP contribution in [0.5, 0.6) is 11.5 Å². The van der Waals surface area contributed by atoms with E-state index in [9.17, 15) is 0 Å². The minimum atomic E-state index is 0.296. The lowest BCUT2D eigenvalue weighted by atomic mass is 9.94. The largest absolute Gasteiger partial charge is 0.497 e. The lowest BCUT2D eigenvalue weighted by Gasteiger charge is -2.32. The van der Waals surface area contributed by atoms with Gasteiger partial charge in [-0.2, -0.15) is 0 Å². The van der Waals surface area contributed by atoms with Crippen molar-refractivity contribution in [2.24, 2.45) is 17.1 Å². The van der Waals surface area contributed by atoms with Gasteiger partial charge in [0.15, 0.2) is 0 Å². The van der Waals surface area contributed by atoms with Gasteiger partial charge in [-0.1, -0.05) is 20.8 Å². The number of hydrogen-bond donors (Lipinski definition) is 1. The van der Waals surface area contributed by atoms with Crippen LogP contribution in [0.4, 0.5) is 17.2 Å². The Labute approximate surface area is 237 Å². The average Bonchev–Trinajstić information content (AvgIpc) is 2.95. The summed E-state index contributed by atoms with van der Waals surface area (Å²) in [5, 5.41) is 0. The van der Waals surface area contributed by atoms with Gasteiger partial charge >= 0.3 is 0 Å². The third kappa shape index (κ3) is 8.13. The summed E-state index contributed by atoms with van der Waals surface area (Å²) in [6, 6.07) is 12.1. The average molecular weight is 554 g/mol. The van der Waals surface area contributed by atoms with Crippen LogP contribution in [0, 0.1) is 11.3 Å². The molecule has 0 amide bonds. The van der Waals surface area contributed by atoms with Gasteiger partial charge in [-0.05, 0) is 67.4 Å². The Morgan fingerprint density at radius 1 is 1.00 bits per heavy atom. The van der Waals surface area contributed by atoms with Crippen molar-refractivity contribution in [1.82, 2.24) is 9.97 Å². The predicted molar refractivity (Wildman–Crippen MR) is 163 cm³/mol. The van der Waals surface area contributed by atoms with Crippen molar-refractivity contribution in [2.75, 3.05) is 62.6 Å². The molecule has 0 spiro atoms. The Hall–Kier alpha value is -2.75. The number of nitrogens with zero attached hydrogens (tertiary/aromatic N) is 4. The summed E-state index contributed by atoms with van der Waals surface area (Å²) in [5.41, 5.74) is 9.89. The first-order chi connectivity index (χ1) is 18.8. The number of aromatic nitrogens is 2. The van der Waals surface area contributed by atoms with Crippen LogP contribution < -0.4 is 25.0 Å². The van der Waals surface area contributed by atoms with Crippen molar-refractivity contribution in [3.63, 3.8) is 0 Å². The number of methoxy groups -OCH3 is 2. The van der Waals surface area contributed by atoms with Gasteiger partial charge in [0.1, 0.15) is 17.3 Å². The quantitative estimate of drug-likeness (QED) is 0.212. The second-order valence-corrected chi connectivity index (χ2v) is 12.1. The zero-order valence-corrected chi connectivity index (χ0v) is 24.8. The summed E-state index contributed by atoms with van der Waals surface area (Å²) in [7, 11) is 3.34. The molecule has 2 heterocycles. The summed E-state index contributed by atoms with van der Waals surface area (Å²) >= 11 is 1.54. The first-order valence-electron chi connectivity index (χ1n) is 13.8. The fourth-order valence-corrected chi connectivity index (χ4v) is 5.66. The number of piperidine rings is 1. The van der Waals surface area contributed by atoms with Gasteiger partial charge in [-0.25, -0.2) is 4.98 Å². The fraction of sp³-hybridized carbons (Fsp3) is 0.533. The van der Waals surface area contributed by atoms with Crippen molar-refractivity contribution in [3.8, 4) is 11.5 Å². The van der Waals surface area contributed by atoms with E-state index >= 15 is 0 Å². The molecule has 1 aliphatic rings. The van der Waals surface area contributed by atoms with E-state index < -0.39 is 0 Å². The lowest BCUT2D eigenvalue weighted by molar-refractivity contribution is 0.370. The number of rotatable bonds is 12. The number of hydrogen-bond acceptors (Lipinski definition) is 9. The van der Waals surface area contributed by atoms with Gasteiger partial charge in [0, 0.05) is 55.0 Å². The summed E-state index contributed by atoms with van der Waals surface area (Å²) < 4.78 is 17.1. The van der Waals surface area contributed by atoms with Crippen LogP contribution in [0.25, 0.3) is 11.0 Å². The van der Waals surface area contributed by atoms with E-state index in [1.165, 1.54) is 12.0 Å². The molecule has 8 nitrogen and oxygen atoms in total. The molecule has 39 heavy (non-hydrogen) atoms. The molecular weight excluding hydrogens is 510 g/mol. The Balaban J connectivity index is 1.58. The molecule has 2 N–H and O–H groups in total. The second-order valence-electron chi connectivity index (χ2n) is 11.2. The number of benzene rings is 2. The molecule has 1 fully saturated rings.